The molecule has 0 aliphatic heterocycles. The smallest absolute Gasteiger partial charge is 0.327 e. The highest BCUT2D eigenvalue weighted by molar-refractivity contribution is 7.80. The maximum Gasteiger partial charge on any atom is 0.327 e. The van der Waals surface area contributed by atoms with Crippen molar-refractivity contribution in [2.24, 2.45) is 11.5 Å². The van der Waals surface area contributed by atoms with E-state index in [0.29, 0.717) is 0 Å². The van der Waals surface area contributed by atoms with Gasteiger partial charge in [0.1, 0.15) is 18.1 Å². The van der Waals surface area contributed by atoms with Crippen molar-refractivity contribution in [3.8, 4) is 0 Å². The van der Waals surface area contributed by atoms with Gasteiger partial charge in [-0.1, -0.05) is 18.2 Å². The molecule has 0 fully saturated rings. The number of fused-ring (bicyclic) bond motifs is 1. The van der Waals surface area contributed by atoms with Gasteiger partial charge in [-0.2, -0.15) is 12.6 Å². The summed E-state index contributed by atoms with van der Waals surface area (Å²) in [5.74, 6) is -4.33. The average Bonchev–Trinajstić information content (AvgIpc) is 3.21. The van der Waals surface area contributed by atoms with Crippen LogP contribution in [-0.2, 0) is 30.4 Å². The molecule has 0 bridgehead atoms. The van der Waals surface area contributed by atoms with Crippen molar-refractivity contribution < 1.29 is 29.1 Å². The molecule has 12 nitrogen and oxygen atoms in total. The number of primary amides is 1. The molecule has 34 heavy (non-hydrogen) atoms. The number of carbonyl (C=O) groups is 5. The van der Waals surface area contributed by atoms with Crippen LogP contribution in [0, 0.1) is 0 Å². The molecule has 0 aliphatic carbocycles. The topological polar surface area (TPSA) is 209 Å². The first-order valence-electron chi connectivity index (χ1n) is 10.4. The van der Waals surface area contributed by atoms with E-state index < -0.39 is 47.7 Å². The van der Waals surface area contributed by atoms with Gasteiger partial charge in [0.05, 0.1) is 6.54 Å². The summed E-state index contributed by atoms with van der Waals surface area (Å²) < 4.78 is 0. The number of hydrogen-bond acceptors (Lipinski definition) is 7. The zero-order valence-corrected chi connectivity index (χ0v) is 19.1. The number of benzene rings is 1. The molecule has 1 aromatic heterocycles. The van der Waals surface area contributed by atoms with Crippen LogP contribution in [0.15, 0.2) is 30.5 Å². The van der Waals surface area contributed by atoms with Gasteiger partial charge in [-0.05, 0) is 18.1 Å². The molecule has 2 rings (SSSR count). The number of amides is 4. The molecular formula is C21H28N6O6S. The van der Waals surface area contributed by atoms with E-state index in [4.69, 9.17) is 16.6 Å². The fourth-order valence-corrected chi connectivity index (χ4v) is 3.52. The number of carboxylic acids is 1. The number of carboxylic acid groups (broad SMARTS) is 1. The van der Waals surface area contributed by atoms with Gasteiger partial charge in [-0.15, -0.1) is 0 Å². The minimum absolute atomic E-state index is 0.0835. The molecule has 0 spiro atoms. The second kappa shape index (κ2) is 12.6. The van der Waals surface area contributed by atoms with Crippen LogP contribution < -0.4 is 27.4 Å². The molecule has 0 aliphatic rings. The second-order valence-electron chi connectivity index (χ2n) is 7.54. The van der Waals surface area contributed by atoms with Crippen LogP contribution in [0.2, 0.25) is 0 Å². The molecule has 1 aromatic carbocycles. The molecule has 0 saturated heterocycles. The fourth-order valence-electron chi connectivity index (χ4n) is 3.27. The van der Waals surface area contributed by atoms with E-state index in [1.165, 1.54) is 0 Å². The Morgan fingerprint density at radius 2 is 1.65 bits per heavy atom. The van der Waals surface area contributed by atoms with Gasteiger partial charge >= 0.3 is 5.97 Å². The third-order valence-corrected chi connectivity index (χ3v) is 5.41. The Kier molecular flexibility index (Phi) is 9.89. The van der Waals surface area contributed by atoms with Gasteiger partial charge in [0.2, 0.25) is 23.6 Å². The minimum atomic E-state index is -1.31. The molecule has 0 saturated carbocycles. The van der Waals surface area contributed by atoms with E-state index in [-0.39, 0.29) is 31.6 Å². The predicted molar refractivity (Wildman–Crippen MR) is 127 cm³/mol. The monoisotopic (exact) mass is 492 g/mol. The fraction of sp³-hybridized carbons (Fsp3) is 0.381. The Labute approximate surface area is 200 Å². The van der Waals surface area contributed by atoms with Crippen LogP contribution >= 0.6 is 12.6 Å². The lowest BCUT2D eigenvalue weighted by molar-refractivity contribution is -0.141. The summed E-state index contributed by atoms with van der Waals surface area (Å²) in [6.07, 6.45) is 1.39. The molecule has 9 N–H and O–H groups in total. The van der Waals surface area contributed by atoms with E-state index in [1.54, 1.807) is 6.20 Å². The molecule has 3 unspecified atom stereocenters. The van der Waals surface area contributed by atoms with Gasteiger partial charge in [-0.25, -0.2) is 4.79 Å². The number of para-hydroxylation sites is 1. The average molecular weight is 493 g/mol. The summed E-state index contributed by atoms with van der Waals surface area (Å²) in [5.41, 5.74) is 12.1. The van der Waals surface area contributed by atoms with Crippen molar-refractivity contribution in [1.82, 2.24) is 20.9 Å². The number of thiol groups is 1. The normalized spacial score (nSPS) is 13.5. The number of aromatic amines is 1. The number of nitrogens with two attached hydrogens (primary N) is 2. The number of hydrogen-bond donors (Lipinski definition) is 8. The van der Waals surface area contributed by atoms with Gasteiger partial charge in [0.15, 0.2) is 0 Å². The van der Waals surface area contributed by atoms with Crippen molar-refractivity contribution in [1.29, 1.82) is 0 Å². The third kappa shape index (κ3) is 7.49. The number of aliphatic carboxylic acids is 1. The molecular weight excluding hydrogens is 464 g/mol. The molecule has 2 aromatic rings. The molecule has 13 heteroatoms. The first kappa shape index (κ1) is 26.7. The zero-order valence-electron chi connectivity index (χ0n) is 18.2. The van der Waals surface area contributed by atoms with Crippen LogP contribution in [-0.4, -0.2) is 70.1 Å². The van der Waals surface area contributed by atoms with Gasteiger partial charge in [0, 0.05) is 35.7 Å². The maximum absolute atomic E-state index is 13.1. The highest BCUT2D eigenvalue weighted by Gasteiger charge is 2.29. The molecule has 3 atom stereocenters. The second-order valence-corrected chi connectivity index (χ2v) is 7.90. The Morgan fingerprint density at radius 3 is 2.26 bits per heavy atom. The number of rotatable bonds is 13. The number of carbonyl (C=O) groups excluding carboxylic acids is 4. The van der Waals surface area contributed by atoms with E-state index in [0.717, 1.165) is 16.5 Å². The van der Waals surface area contributed by atoms with Crippen molar-refractivity contribution in [3.05, 3.63) is 36.0 Å². The van der Waals surface area contributed by atoms with E-state index in [9.17, 15) is 24.0 Å². The quantitative estimate of drug-likeness (QED) is 0.153. The number of H-pyrrole nitrogens is 1. The minimum Gasteiger partial charge on any atom is -0.480 e. The summed E-state index contributed by atoms with van der Waals surface area (Å²) >= 11 is 3.89. The van der Waals surface area contributed by atoms with Crippen LogP contribution in [0.5, 0.6) is 0 Å². The number of aromatic nitrogens is 1. The third-order valence-electron chi connectivity index (χ3n) is 5.05. The Hall–Kier alpha value is -3.58. The standard InChI is InChI=1S/C21H28N6O6S/c22-8-18(29)25-15(7-11-9-24-13-4-2-1-3-12(11)13)20(31)26-14(5-6-17(23)28)19(30)27-16(10-34)21(32)33/h1-4,9,14-16,24,34H,5-8,10,22H2,(H2,23,28)(H,25,29)(H,26,31)(H,27,30)(H,32,33). The lowest BCUT2D eigenvalue weighted by Gasteiger charge is -2.24. The Bertz CT molecular complexity index is 1060. The summed E-state index contributed by atoms with van der Waals surface area (Å²) in [6, 6.07) is 3.71. The Morgan fingerprint density at radius 1 is 1.00 bits per heavy atom. The molecule has 4 amide bonds. The lowest BCUT2D eigenvalue weighted by Crippen LogP contribution is -2.57. The highest BCUT2D eigenvalue weighted by Crippen LogP contribution is 2.19. The summed E-state index contributed by atoms with van der Waals surface area (Å²) in [4.78, 5) is 63.3. The largest absolute Gasteiger partial charge is 0.480 e. The first-order chi connectivity index (χ1) is 16.2. The Balaban J connectivity index is 2.24. The van der Waals surface area contributed by atoms with Crippen LogP contribution in [0.3, 0.4) is 0 Å². The van der Waals surface area contributed by atoms with Crippen LogP contribution in [0.1, 0.15) is 18.4 Å². The van der Waals surface area contributed by atoms with Gasteiger partial charge in [-0.3, -0.25) is 19.2 Å². The maximum atomic E-state index is 13.1. The first-order valence-corrected chi connectivity index (χ1v) is 11.1. The molecule has 0 radical (unpaired) electrons. The highest BCUT2D eigenvalue weighted by atomic mass is 32.1. The summed E-state index contributed by atoms with van der Waals surface area (Å²) in [6.45, 7) is -0.356. The van der Waals surface area contributed by atoms with Gasteiger partial charge < -0.3 is 37.5 Å². The van der Waals surface area contributed by atoms with Crippen molar-refractivity contribution in [3.63, 3.8) is 0 Å². The molecule has 1 heterocycles. The molecule has 184 valence electrons. The van der Waals surface area contributed by atoms with Crippen molar-refractivity contribution >= 4 is 53.1 Å². The van der Waals surface area contributed by atoms with Crippen molar-refractivity contribution in [2.45, 2.75) is 37.4 Å². The zero-order chi connectivity index (χ0) is 25.3. The summed E-state index contributed by atoms with van der Waals surface area (Å²) in [7, 11) is 0. The van der Waals surface area contributed by atoms with E-state index in [2.05, 4.69) is 33.6 Å². The van der Waals surface area contributed by atoms with Crippen LogP contribution in [0.25, 0.3) is 10.9 Å². The van der Waals surface area contributed by atoms with Crippen LogP contribution in [0.4, 0.5) is 0 Å². The van der Waals surface area contributed by atoms with Gasteiger partial charge in [0.25, 0.3) is 0 Å². The number of nitrogens with one attached hydrogen (secondary N) is 4. The van der Waals surface area contributed by atoms with E-state index in [1.807, 2.05) is 24.3 Å². The lowest BCUT2D eigenvalue weighted by atomic mass is 10.0. The van der Waals surface area contributed by atoms with Crippen molar-refractivity contribution in [2.75, 3.05) is 12.3 Å². The summed E-state index contributed by atoms with van der Waals surface area (Å²) in [5, 5.41) is 17.3. The SMILES string of the molecule is NCC(=O)NC(Cc1c[nH]c2ccccc12)C(=O)NC(CCC(N)=O)C(=O)NC(CS)C(=O)O. The predicted octanol–water partition coefficient (Wildman–Crippen LogP) is -1.60. The van der Waals surface area contributed by atoms with E-state index >= 15 is 0 Å².